The molecule has 1 aromatic carbocycles. The van der Waals surface area contributed by atoms with Crippen molar-refractivity contribution >= 4 is 29.2 Å². The smallest absolute Gasteiger partial charge is 0.306 e. The maximum atomic E-state index is 11.3. The first kappa shape index (κ1) is 14.3. The molecule has 0 aliphatic rings. The second kappa shape index (κ2) is 7.54. The van der Waals surface area contributed by atoms with Gasteiger partial charge in [0.15, 0.2) is 0 Å². The lowest BCUT2D eigenvalue weighted by atomic mass is 10.1. The van der Waals surface area contributed by atoms with Gasteiger partial charge in [0.25, 0.3) is 0 Å². The third-order valence-corrected chi connectivity index (χ3v) is 3.04. The fraction of sp³-hybridized carbons (Fsp3) is 0.417. The van der Waals surface area contributed by atoms with Gasteiger partial charge in [0.2, 0.25) is 0 Å². The average Bonchev–Trinajstić information content (AvgIpc) is 2.31. The van der Waals surface area contributed by atoms with Crippen molar-refractivity contribution in [3.63, 3.8) is 0 Å². The van der Waals surface area contributed by atoms with Crippen molar-refractivity contribution < 1.29 is 14.3 Å². The molecule has 0 radical (unpaired) electrons. The largest absolute Gasteiger partial charge is 0.463 e. The molecule has 0 aromatic heterocycles. The monoisotopic (exact) mass is 276 g/mol. The topological polar surface area (TPSA) is 35.5 Å². The molecule has 0 heterocycles. The molecule has 0 saturated heterocycles. The van der Waals surface area contributed by atoms with Crippen molar-refractivity contribution in [2.45, 2.75) is 12.8 Å². The summed E-state index contributed by atoms with van der Waals surface area (Å²) in [5.74, 6) is -0.266. The van der Waals surface area contributed by atoms with Crippen molar-refractivity contribution in [1.29, 1.82) is 0 Å². The van der Waals surface area contributed by atoms with Gasteiger partial charge in [-0.15, -0.1) is 0 Å². The van der Waals surface area contributed by atoms with Crippen LogP contribution in [0.25, 0.3) is 0 Å². The van der Waals surface area contributed by atoms with Crippen LogP contribution >= 0.6 is 23.2 Å². The first-order chi connectivity index (χ1) is 8.15. The van der Waals surface area contributed by atoms with Gasteiger partial charge in [-0.05, 0) is 18.1 Å². The van der Waals surface area contributed by atoms with Crippen molar-refractivity contribution in [3.05, 3.63) is 33.8 Å². The number of hydrogen-bond donors (Lipinski definition) is 0. The van der Waals surface area contributed by atoms with Crippen LogP contribution in [0.15, 0.2) is 18.2 Å². The molecule has 17 heavy (non-hydrogen) atoms. The van der Waals surface area contributed by atoms with E-state index in [1.807, 2.05) is 6.07 Å². The Labute approximate surface area is 111 Å². The van der Waals surface area contributed by atoms with Crippen LogP contribution in [0.1, 0.15) is 12.0 Å². The number of carbonyl (C=O) groups excluding carboxylic acids is 1. The summed E-state index contributed by atoms with van der Waals surface area (Å²) in [5, 5.41) is 0.996. The minimum atomic E-state index is -0.266. The summed E-state index contributed by atoms with van der Waals surface area (Å²) < 4.78 is 9.71. The molecule has 5 heteroatoms. The Morgan fingerprint density at radius 2 is 2.06 bits per heavy atom. The Bertz CT molecular complexity index is 380. The number of methoxy groups -OCH3 is 1. The Balaban J connectivity index is 2.39. The number of halogens is 2. The summed E-state index contributed by atoms with van der Waals surface area (Å²) in [7, 11) is 1.56. The van der Waals surface area contributed by atoms with E-state index in [0.717, 1.165) is 5.56 Å². The van der Waals surface area contributed by atoms with Gasteiger partial charge in [-0.1, -0.05) is 35.3 Å². The molecule has 0 N–H and O–H groups in total. The standard InChI is InChI=1S/C12H14Cl2O3/c1-16-7-8-17-11(15)6-5-9-3-2-4-10(13)12(9)14/h2-4H,5-8H2,1H3. The quantitative estimate of drug-likeness (QED) is 0.592. The Kier molecular flexibility index (Phi) is 6.34. The summed E-state index contributed by atoms with van der Waals surface area (Å²) in [6.45, 7) is 0.683. The van der Waals surface area contributed by atoms with Crippen LogP contribution in [0, 0.1) is 0 Å². The fourth-order valence-electron chi connectivity index (χ4n) is 1.29. The number of hydrogen-bond acceptors (Lipinski definition) is 3. The summed E-state index contributed by atoms with van der Waals surface area (Å²) >= 11 is 11.9. The van der Waals surface area contributed by atoms with E-state index >= 15 is 0 Å². The van der Waals surface area contributed by atoms with Crippen molar-refractivity contribution in [3.8, 4) is 0 Å². The molecular weight excluding hydrogens is 263 g/mol. The number of aryl methyl sites for hydroxylation is 1. The van der Waals surface area contributed by atoms with E-state index in [4.69, 9.17) is 32.7 Å². The van der Waals surface area contributed by atoms with E-state index in [1.165, 1.54) is 0 Å². The lowest BCUT2D eigenvalue weighted by molar-refractivity contribution is -0.144. The van der Waals surface area contributed by atoms with Gasteiger partial charge >= 0.3 is 5.97 Å². The van der Waals surface area contributed by atoms with Crippen molar-refractivity contribution in [2.75, 3.05) is 20.3 Å². The maximum Gasteiger partial charge on any atom is 0.306 e. The third kappa shape index (κ3) is 4.94. The summed E-state index contributed by atoms with van der Waals surface area (Å²) in [6.07, 6.45) is 0.801. The minimum Gasteiger partial charge on any atom is -0.463 e. The van der Waals surface area contributed by atoms with E-state index in [0.29, 0.717) is 23.1 Å². The summed E-state index contributed by atoms with van der Waals surface area (Å²) in [5.41, 5.74) is 0.850. The maximum absolute atomic E-state index is 11.3. The molecule has 0 aliphatic carbocycles. The lowest BCUT2D eigenvalue weighted by Crippen LogP contribution is -2.10. The molecule has 3 nitrogen and oxygen atoms in total. The highest BCUT2D eigenvalue weighted by atomic mass is 35.5. The second-order valence-electron chi connectivity index (χ2n) is 3.43. The molecule has 1 aromatic rings. The van der Waals surface area contributed by atoms with Crippen molar-refractivity contribution in [1.82, 2.24) is 0 Å². The van der Waals surface area contributed by atoms with Gasteiger partial charge in [0.05, 0.1) is 16.7 Å². The van der Waals surface area contributed by atoms with Crippen molar-refractivity contribution in [2.24, 2.45) is 0 Å². The molecule has 0 atom stereocenters. The predicted octanol–water partition coefficient (Wildman–Crippen LogP) is 3.12. The van der Waals surface area contributed by atoms with E-state index in [9.17, 15) is 4.79 Å². The molecular formula is C12H14Cl2O3. The Morgan fingerprint density at radius 1 is 1.29 bits per heavy atom. The van der Waals surface area contributed by atoms with Crippen LogP contribution in [0.2, 0.25) is 10.0 Å². The molecule has 0 bridgehead atoms. The molecule has 0 aliphatic heterocycles. The lowest BCUT2D eigenvalue weighted by Gasteiger charge is -2.06. The second-order valence-corrected chi connectivity index (χ2v) is 4.21. The average molecular weight is 277 g/mol. The normalized spacial score (nSPS) is 10.3. The highest BCUT2D eigenvalue weighted by Crippen LogP contribution is 2.26. The van der Waals surface area contributed by atoms with Crippen LogP contribution in [-0.2, 0) is 20.7 Å². The zero-order chi connectivity index (χ0) is 12.7. The van der Waals surface area contributed by atoms with E-state index in [1.54, 1.807) is 19.2 Å². The third-order valence-electron chi connectivity index (χ3n) is 2.18. The van der Waals surface area contributed by atoms with E-state index in [2.05, 4.69) is 0 Å². The molecule has 1 rings (SSSR count). The number of carbonyl (C=O) groups is 1. The molecule has 0 fully saturated rings. The van der Waals surface area contributed by atoms with Gasteiger partial charge in [-0.3, -0.25) is 4.79 Å². The molecule has 0 saturated carbocycles. The SMILES string of the molecule is COCCOC(=O)CCc1cccc(Cl)c1Cl. The van der Waals surface area contributed by atoms with E-state index < -0.39 is 0 Å². The van der Waals surface area contributed by atoms with Gasteiger partial charge in [-0.2, -0.15) is 0 Å². The van der Waals surface area contributed by atoms with Crippen LogP contribution in [0.5, 0.6) is 0 Å². The van der Waals surface area contributed by atoms with Crippen LogP contribution in [0.3, 0.4) is 0 Å². The first-order valence-corrected chi connectivity index (χ1v) is 5.98. The fourth-order valence-corrected chi connectivity index (χ4v) is 1.70. The minimum absolute atomic E-state index is 0.266. The predicted molar refractivity (Wildman–Crippen MR) is 67.6 cm³/mol. The number of rotatable bonds is 6. The summed E-state index contributed by atoms with van der Waals surface area (Å²) in [4.78, 5) is 11.3. The molecule has 0 unspecified atom stereocenters. The number of ether oxygens (including phenoxy) is 2. The van der Waals surface area contributed by atoms with Gasteiger partial charge < -0.3 is 9.47 Å². The molecule has 0 spiro atoms. The highest BCUT2D eigenvalue weighted by Gasteiger charge is 2.08. The van der Waals surface area contributed by atoms with Crippen LogP contribution < -0.4 is 0 Å². The number of benzene rings is 1. The number of esters is 1. The van der Waals surface area contributed by atoms with Gasteiger partial charge in [0.1, 0.15) is 6.61 Å². The van der Waals surface area contributed by atoms with Gasteiger partial charge in [0, 0.05) is 13.5 Å². The zero-order valence-corrected chi connectivity index (χ0v) is 11.1. The van der Waals surface area contributed by atoms with Crippen LogP contribution in [-0.4, -0.2) is 26.3 Å². The van der Waals surface area contributed by atoms with Gasteiger partial charge in [-0.25, -0.2) is 0 Å². The molecule has 94 valence electrons. The zero-order valence-electron chi connectivity index (χ0n) is 9.54. The Morgan fingerprint density at radius 3 is 2.76 bits per heavy atom. The highest BCUT2D eigenvalue weighted by molar-refractivity contribution is 6.42. The van der Waals surface area contributed by atoms with Crippen LogP contribution in [0.4, 0.5) is 0 Å². The summed E-state index contributed by atoms with van der Waals surface area (Å²) in [6, 6.07) is 5.36. The first-order valence-electron chi connectivity index (χ1n) is 5.22. The Hall–Kier alpha value is -0.770. The molecule has 0 amide bonds. The van der Waals surface area contributed by atoms with E-state index in [-0.39, 0.29) is 19.0 Å².